The number of hydrogen-bond donors (Lipinski definition) is 1. The van der Waals surface area contributed by atoms with Gasteiger partial charge in [-0.25, -0.2) is 0 Å². The Morgan fingerprint density at radius 2 is 2.26 bits per heavy atom. The van der Waals surface area contributed by atoms with Crippen LogP contribution in [0.1, 0.15) is 25.1 Å². The molecular weight excluding hydrogens is 324 g/mol. The summed E-state index contributed by atoms with van der Waals surface area (Å²) in [5, 5.41) is 7.89. The SMILES string of the molecule is CCCSCC(NC)c1c(Br)cnn1CCN(C)C. The van der Waals surface area contributed by atoms with Crippen LogP contribution in [-0.2, 0) is 6.54 Å². The highest BCUT2D eigenvalue weighted by molar-refractivity contribution is 9.10. The van der Waals surface area contributed by atoms with Crippen LogP contribution in [0.25, 0.3) is 0 Å². The van der Waals surface area contributed by atoms with Crippen molar-refractivity contribution in [2.24, 2.45) is 0 Å². The lowest BCUT2D eigenvalue weighted by Crippen LogP contribution is -2.26. The second-order valence-corrected chi connectivity index (χ2v) is 6.82. The molecule has 110 valence electrons. The van der Waals surface area contributed by atoms with Crippen molar-refractivity contribution in [3.63, 3.8) is 0 Å². The zero-order valence-electron chi connectivity index (χ0n) is 12.3. The Labute approximate surface area is 129 Å². The largest absolute Gasteiger partial charge is 0.311 e. The summed E-state index contributed by atoms with van der Waals surface area (Å²) < 4.78 is 3.21. The predicted octanol–water partition coefficient (Wildman–Crippen LogP) is 2.61. The summed E-state index contributed by atoms with van der Waals surface area (Å²) in [5.41, 5.74) is 1.26. The third-order valence-electron chi connectivity index (χ3n) is 2.90. The maximum Gasteiger partial charge on any atom is 0.0704 e. The predicted molar refractivity (Wildman–Crippen MR) is 87.9 cm³/mol. The van der Waals surface area contributed by atoms with E-state index in [0.29, 0.717) is 6.04 Å². The first kappa shape index (κ1) is 17.0. The van der Waals surface area contributed by atoms with Crippen LogP contribution in [0.15, 0.2) is 10.7 Å². The minimum Gasteiger partial charge on any atom is -0.311 e. The number of likely N-dealkylation sites (N-methyl/N-ethyl adjacent to an activating group) is 1. The molecule has 0 radical (unpaired) electrons. The van der Waals surface area contributed by atoms with E-state index in [4.69, 9.17) is 0 Å². The number of aromatic nitrogens is 2. The smallest absolute Gasteiger partial charge is 0.0704 e. The van der Waals surface area contributed by atoms with Gasteiger partial charge in [0, 0.05) is 12.3 Å². The summed E-state index contributed by atoms with van der Waals surface area (Å²) in [6, 6.07) is 0.343. The highest BCUT2D eigenvalue weighted by atomic mass is 79.9. The molecule has 1 aromatic rings. The van der Waals surface area contributed by atoms with Crippen LogP contribution in [0, 0.1) is 0 Å². The lowest BCUT2D eigenvalue weighted by atomic mass is 10.2. The molecule has 0 saturated heterocycles. The Bertz CT molecular complexity index is 368. The molecule has 0 aliphatic heterocycles. The van der Waals surface area contributed by atoms with E-state index in [0.717, 1.165) is 23.3 Å². The van der Waals surface area contributed by atoms with Crippen molar-refractivity contribution in [2.45, 2.75) is 25.9 Å². The number of nitrogens with one attached hydrogen (secondary N) is 1. The van der Waals surface area contributed by atoms with Crippen LogP contribution >= 0.6 is 27.7 Å². The lowest BCUT2D eigenvalue weighted by molar-refractivity contribution is 0.365. The molecule has 0 fully saturated rings. The van der Waals surface area contributed by atoms with Gasteiger partial charge in [0.05, 0.1) is 29.0 Å². The van der Waals surface area contributed by atoms with Gasteiger partial charge in [0.25, 0.3) is 0 Å². The summed E-state index contributed by atoms with van der Waals surface area (Å²) in [7, 11) is 6.20. The molecule has 0 aliphatic carbocycles. The maximum atomic E-state index is 4.48. The Morgan fingerprint density at radius 3 is 2.84 bits per heavy atom. The van der Waals surface area contributed by atoms with Gasteiger partial charge >= 0.3 is 0 Å². The van der Waals surface area contributed by atoms with E-state index < -0.39 is 0 Å². The average molecular weight is 349 g/mol. The zero-order valence-corrected chi connectivity index (χ0v) is 14.7. The summed E-state index contributed by atoms with van der Waals surface area (Å²) >= 11 is 5.62. The van der Waals surface area contributed by atoms with Crippen LogP contribution in [0.4, 0.5) is 0 Å². The van der Waals surface area contributed by atoms with Gasteiger partial charge in [-0.05, 0) is 49.2 Å². The zero-order chi connectivity index (χ0) is 14.3. The van der Waals surface area contributed by atoms with E-state index in [1.54, 1.807) is 0 Å². The van der Waals surface area contributed by atoms with Crippen LogP contribution in [0.2, 0.25) is 0 Å². The van der Waals surface area contributed by atoms with Gasteiger partial charge < -0.3 is 10.2 Å². The molecule has 1 rings (SSSR count). The maximum absolute atomic E-state index is 4.48. The molecule has 1 N–H and O–H groups in total. The van der Waals surface area contributed by atoms with E-state index in [1.165, 1.54) is 17.9 Å². The van der Waals surface area contributed by atoms with E-state index in [-0.39, 0.29) is 0 Å². The monoisotopic (exact) mass is 348 g/mol. The van der Waals surface area contributed by atoms with Gasteiger partial charge in [-0.15, -0.1) is 0 Å². The average Bonchev–Trinajstić information content (AvgIpc) is 2.74. The van der Waals surface area contributed by atoms with Crippen LogP contribution in [0.5, 0.6) is 0 Å². The summed E-state index contributed by atoms with van der Waals surface area (Å²) in [6.07, 6.45) is 3.13. The molecule has 1 heterocycles. The molecule has 0 amide bonds. The van der Waals surface area contributed by atoms with Crippen molar-refractivity contribution in [1.29, 1.82) is 0 Å². The summed E-state index contributed by atoms with van der Waals surface area (Å²) in [5.74, 6) is 2.29. The molecule has 1 aromatic heterocycles. The second kappa shape index (κ2) is 9.00. The fourth-order valence-electron chi connectivity index (χ4n) is 1.84. The minimum absolute atomic E-state index is 0.343. The first-order valence-corrected chi connectivity index (χ1v) is 8.65. The van der Waals surface area contributed by atoms with Crippen molar-refractivity contribution in [3.8, 4) is 0 Å². The van der Waals surface area contributed by atoms with Crippen molar-refractivity contribution in [2.75, 3.05) is 39.2 Å². The molecule has 1 atom stereocenters. The third-order valence-corrected chi connectivity index (χ3v) is 4.78. The van der Waals surface area contributed by atoms with Gasteiger partial charge in [0.1, 0.15) is 0 Å². The summed E-state index contributed by atoms with van der Waals surface area (Å²) in [4.78, 5) is 2.18. The van der Waals surface area contributed by atoms with E-state index in [2.05, 4.69) is 56.9 Å². The number of thioether (sulfide) groups is 1. The normalized spacial score (nSPS) is 13.2. The van der Waals surface area contributed by atoms with Gasteiger partial charge in [-0.3, -0.25) is 4.68 Å². The highest BCUT2D eigenvalue weighted by Crippen LogP contribution is 2.26. The Morgan fingerprint density at radius 1 is 1.53 bits per heavy atom. The van der Waals surface area contributed by atoms with Crippen LogP contribution < -0.4 is 5.32 Å². The fourth-order valence-corrected chi connectivity index (χ4v) is 3.42. The first-order valence-electron chi connectivity index (χ1n) is 6.71. The van der Waals surface area contributed by atoms with E-state index in [9.17, 15) is 0 Å². The van der Waals surface area contributed by atoms with Crippen molar-refractivity contribution in [1.82, 2.24) is 20.0 Å². The third kappa shape index (κ3) is 5.45. The molecule has 1 unspecified atom stereocenters. The highest BCUT2D eigenvalue weighted by Gasteiger charge is 2.18. The molecule has 0 aliphatic rings. The van der Waals surface area contributed by atoms with Crippen molar-refractivity contribution in [3.05, 3.63) is 16.4 Å². The fraction of sp³-hybridized carbons (Fsp3) is 0.769. The van der Waals surface area contributed by atoms with Crippen molar-refractivity contribution < 1.29 is 0 Å². The van der Waals surface area contributed by atoms with Gasteiger partial charge in [0.15, 0.2) is 0 Å². The van der Waals surface area contributed by atoms with Gasteiger partial charge in [-0.2, -0.15) is 16.9 Å². The Kier molecular flexibility index (Phi) is 8.06. The Balaban J connectivity index is 2.74. The number of hydrogen-bond acceptors (Lipinski definition) is 4. The van der Waals surface area contributed by atoms with Gasteiger partial charge in [0.2, 0.25) is 0 Å². The topological polar surface area (TPSA) is 33.1 Å². The van der Waals surface area contributed by atoms with Crippen LogP contribution in [-0.4, -0.2) is 53.9 Å². The molecule has 19 heavy (non-hydrogen) atoms. The number of rotatable bonds is 9. The minimum atomic E-state index is 0.343. The van der Waals surface area contributed by atoms with Crippen molar-refractivity contribution >= 4 is 27.7 Å². The molecule has 6 heteroatoms. The van der Waals surface area contributed by atoms with Crippen LogP contribution in [0.3, 0.4) is 0 Å². The second-order valence-electron chi connectivity index (χ2n) is 4.82. The molecule has 0 aromatic carbocycles. The molecule has 0 spiro atoms. The molecular formula is C13H25BrN4S. The van der Waals surface area contributed by atoms with E-state index in [1.807, 2.05) is 25.0 Å². The Hall–Kier alpha value is -0.0400. The molecule has 4 nitrogen and oxygen atoms in total. The summed E-state index contributed by atoms with van der Waals surface area (Å²) in [6.45, 7) is 4.14. The number of nitrogens with zero attached hydrogens (tertiary/aromatic N) is 3. The quantitative estimate of drug-likeness (QED) is 0.695. The van der Waals surface area contributed by atoms with E-state index >= 15 is 0 Å². The molecule has 0 saturated carbocycles. The molecule has 0 bridgehead atoms. The van der Waals surface area contributed by atoms with Gasteiger partial charge in [-0.1, -0.05) is 6.92 Å². The lowest BCUT2D eigenvalue weighted by Gasteiger charge is -2.19. The number of halogens is 1. The first-order chi connectivity index (χ1) is 9.10. The standard InChI is InChI=1S/C13H25BrN4S/c1-5-8-19-10-12(15-2)13-11(14)9-16-18(13)7-6-17(3)4/h9,12,15H,5-8,10H2,1-4H3.